The number of hydrogen-bond donors (Lipinski definition) is 2. The lowest BCUT2D eigenvalue weighted by Crippen LogP contribution is -2.27. The first-order valence-corrected chi connectivity index (χ1v) is 5.34. The highest BCUT2D eigenvalue weighted by Gasteiger charge is 2.09. The zero-order valence-electron chi connectivity index (χ0n) is 8.04. The third kappa shape index (κ3) is 4.08. The second kappa shape index (κ2) is 5.95. The van der Waals surface area contributed by atoms with Gasteiger partial charge in [-0.3, -0.25) is 4.79 Å². The molecule has 1 aromatic rings. The van der Waals surface area contributed by atoms with Gasteiger partial charge in [0.05, 0.1) is 0 Å². The van der Waals surface area contributed by atoms with Crippen molar-refractivity contribution in [1.29, 1.82) is 0 Å². The van der Waals surface area contributed by atoms with Gasteiger partial charge in [-0.05, 0) is 11.1 Å². The van der Waals surface area contributed by atoms with Gasteiger partial charge < -0.3 is 11.1 Å². The smallest absolute Gasteiger partial charge is 0.253 e. The summed E-state index contributed by atoms with van der Waals surface area (Å²) in [5.74, 6) is -0.388. The number of nitrogens with two attached hydrogens (primary N) is 1. The van der Waals surface area contributed by atoms with E-state index in [9.17, 15) is 4.79 Å². The molecule has 0 radical (unpaired) electrons. The predicted octanol–water partition coefficient (Wildman–Crippen LogP) is 1.57. The molecule has 0 unspecified atom stereocenters. The molecule has 0 saturated heterocycles. The van der Waals surface area contributed by atoms with Gasteiger partial charge in [0.2, 0.25) is 0 Å². The van der Waals surface area contributed by atoms with Crippen LogP contribution in [0.3, 0.4) is 0 Å². The molecule has 0 aromatic heterocycles. The summed E-state index contributed by atoms with van der Waals surface area (Å²) in [4.78, 5) is 10.0. The molecule has 82 valence electrons. The highest BCUT2D eigenvalue weighted by molar-refractivity contribution is 6.53. The van der Waals surface area contributed by atoms with Gasteiger partial charge in [-0.1, -0.05) is 47.5 Å². The Bertz CT molecular complexity index is 325. The van der Waals surface area contributed by atoms with Crippen molar-refractivity contribution in [2.24, 2.45) is 5.73 Å². The van der Waals surface area contributed by atoms with Crippen LogP contribution < -0.4 is 11.1 Å². The average Bonchev–Trinajstić information content (AvgIpc) is 2.26. The zero-order chi connectivity index (χ0) is 11.3. The van der Waals surface area contributed by atoms with Crippen LogP contribution in [0.5, 0.6) is 0 Å². The fourth-order valence-electron chi connectivity index (χ4n) is 1.06. The minimum absolute atomic E-state index is 0.388. The minimum Gasteiger partial charge on any atom is -0.350 e. The molecular formula is C10H12Cl2N2O. The Morgan fingerprint density at radius 2 is 1.80 bits per heavy atom. The maximum atomic E-state index is 11.0. The standard InChI is InChI=1S/C10H12Cl2N2O/c11-9(12)10(15)14-6-8-3-1-7(5-13)2-4-8/h1-4,9H,5-6,13H2,(H,14,15). The van der Waals surface area contributed by atoms with Gasteiger partial charge in [-0.15, -0.1) is 0 Å². The largest absolute Gasteiger partial charge is 0.350 e. The van der Waals surface area contributed by atoms with Crippen molar-refractivity contribution in [2.75, 3.05) is 0 Å². The summed E-state index contributed by atoms with van der Waals surface area (Å²) < 4.78 is 0. The van der Waals surface area contributed by atoms with E-state index in [0.717, 1.165) is 11.1 Å². The van der Waals surface area contributed by atoms with Gasteiger partial charge in [0, 0.05) is 13.1 Å². The lowest BCUT2D eigenvalue weighted by Gasteiger charge is -2.06. The molecule has 0 fully saturated rings. The first-order chi connectivity index (χ1) is 7.13. The number of carbonyl (C=O) groups excluding carboxylic acids is 1. The summed E-state index contributed by atoms with van der Waals surface area (Å²) in [5, 5.41) is 2.60. The molecule has 3 nitrogen and oxygen atoms in total. The Labute approximate surface area is 98.5 Å². The number of rotatable bonds is 4. The van der Waals surface area contributed by atoms with Crippen LogP contribution in [-0.4, -0.2) is 10.7 Å². The molecule has 0 spiro atoms. The SMILES string of the molecule is NCc1ccc(CNC(=O)C(Cl)Cl)cc1. The molecule has 0 atom stereocenters. The number of carbonyl (C=O) groups is 1. The molecular weight excluding hydrogens is 235 g/mol. The summed E-state index contributed by atoms with van der Waals surface area (Å²) in [5.41, 5.74) is 7.49. The number of benzene rings is 1. The van der Waals surface area contributed by atoms with Gasteiger partial charge in [0.1, 0.15) is 0 Å². The van der Waals surface area contributed by atoms with Gasteiger partial charge in [0.15, 0.2) is 4.84 Å². The summed E-state index contributed by atoms with van der Waals surface area (Å²) in [6, 6.07) is 7.64. The second-order valence-electron chi connectivity index (χ2n) is 3.04. The molecule has 0 bridgehead atoms. The van der Waals surface area contributed by atoms with E-state index in [1.807, 2.05) is 24.3 Å². The normalized spacial score (nSPS) is 10.4. The van der Waals surface area contributed by atoms with Crippen LogP contribution in [-0.2, 0) is 17.9 Å². The van der Waals surface area contributed by atoms with Crippen LogP contribution in [0, 0.1) is 0 Å². The van der Waals surface area contributed by atoms with Crippen LogP contribution in [0.1, 0.15) is 11.1 Å². The first-order valence-electron chi connectivity index (χ1n) is 4.47. The molecule has 1 aromatic carbocycles. The quantitative estimate of drug-likeness (QED) is 0.793. The van der Waals surface area contributed by atoms with Gasteiger partial charge in [0.25, 0.3) is 5.91 Å². The van der Waals surface area contributed by atoms with Crippen LogP contribution in [0.25, 0.3) is 0 Å². The van der Waals surface area contributed by atoms with Crippen LogP contribution >= 0.6 is 23.2 Å². The minimum atomic E-state index is -1.02. The van der Waals surface area contributed by atoms with E-state index in [2.05, 4.69) is 5.32 Å². The van der Waals surface area contributed by atoms with E-state index in [1.165, 1.54) is 0 Å². The Morgan fingerprint density at radius 3 is 2.27 bits per heavy atom. The Hall–Kier alpha value is -0.770. The average molecular weight is 247 g/mol. The van der Waals surface area contributed by atoms with Crippen molar-refractivity contribution in [3.05, 3.63) is 35.4 Å². The summed E-state index contributed by atoms with van der Waals surface area (Å²) in [7, 11) is 0. The first kappa shape index (κ1) is 12.3. The van der Waals surface area contributed by atoms with E-state index < -0.39 is 4.84 Å². The number of alkyl halides is 2. The highest BCUT2D eigenvalue weighted by atomic mass is 35.5. The molecule has 1 amide bonds. The van der Waals surface area contributed by atoms with Crippen molar-refractivity contribution in [3.63, 3.8) is 0 Å². The van der Waals surface area contributed by atoms with Gasteiger partial charge in [-0.2, -0.15) is 0 Å². The number of nitrogens with one attached hydrogen (secondary N) is 1. The van der Waals surface area contributed by atoms with Crippen LogP contribution in [0.4, 0.5) is 0 Å². The van der Waals surface area contributed by atoms with Crippen molar-refractivity contribution in [3.8, 4) is 0 Å². The van der Waals surface area contributed by atoms with E-state index in [1.54, 1.807) is 0 Å². The Kier molecular flexibility index (Phi) is 4.88. The second-order valence-corrected chi connectivity index (χ2v) is 4.14. The maximum absolute atomic E-state index is 11.0. The van der Waals surface area contributed by atoms with Crippen molar-refractivity contribution >= 4 is 29.1 Å². The van der Waals surface area contributed by atoms with E-state index in [-0.39, 0.29) is 5.91 Å². The van der Waals surface area contributed by atoms with Gasteiger partial charge >= 0.3 is 0 Å². The number of halogens is 2. The fraction of sp³-hybridized carbons (Fsp3) is 0.300. The third-order valence-electron chi connectivity index (χ3n) is 1.92. The fourth-order valence-corrected chi connectivity index (χ4v) is 1.21. The summed E-state index contributed by atoms with van der Waals surface area (Å²) in [6.45, 7) is 0.928. The van der Waals surface area contributed by atoms with Crippen molar-refractivity contribution < 1.29 is 4.79 Å². The maximum Gasteiger partial charge on any atom is 0.253 e. The van der Waals surface area contributed by atoms with E-state index in [4.69, 9.17) is 28.9 Å². The lowest BCUT2D eigenvalue weighted by atomic mass is 10.1. The van der Waals surface area contributed by atoms with Crippen molar-refractivity contribution in [1.82, 2.24) is 5.32 Å². The summed E-state index contributed by atoms with van der Waals surface area (Å²) in [6.07, 6.45) is 0. The third-order valence-corrected chi connectivity index (χ3v) is 2.32. The van der Waals surface area contributed by atoms with Gasteiger partial charge in [-0.25, -0.2) is 0 Å². The molecule has 3 N–H and O–H groups in total. The Balaban J connectivity index is 2.47. The topological polar surface area (TPSA) is 55.1 Å². The predicted molar refractivity (Wildman–Crippen MR) is 61.7 cm³/mol. The molecule has 0 aliphatic heterocycles. The zero-order valence-corrected chi connectivity index (χ0v) is 9.55. The number of hydrogen-bond acceptors (Lipinski definition) is 2. The van der Waals surface area contributed by atoms with Crippen molar-refractivity contribution in [2.45, 2.75) is 17.9 Å². The molecule has 0 saturated carbocycles. The molecule has 0 aliphatic rings. The molecule has 1 rings (SSSR count). The van der Waals surface area contributed by atoms with E-state index >= 15 is 0 Å². The Morgan fingerprint density at radius 1 is 1.27 bits per heavy atom. The summed E-state index contributed by atoms with van der Waals surface area (Å²) >= 11 is 10.8. The van der Waals surface area contributed by atoms with Crippen LogP contribution in [0.2, 0.25) is 0 Å². The molecule has 0 heterocycles. The lowest BCUT2D eigenvalue weighted by molar-refractivity contribution is -0.119. The number of amides is 1. The highest BCUT2D eigenvalue weighted by Crippen LogP contribution is 2.05. The van der Waals surface area contributed by atoms with E-state index in [0.29, 0.717) is 13.1 Å². The molecule has 5 heteroatoms. The molecule has 0 aliphatic carbocycles. The monoisotopic (exact) mass is 246 g/mol. The van der Waals surface area contributed by atoms with Crippen LogP contribution in [0.15, 0.2) is 24.3 Å². The molecule has 15 heavy (non-hydrogen) atoms.